The maximum Gasteiger partial charge on any atom is 0.341 e. The highest BCUT2D eigenvalue weighted by Crippen LogP contribution is 2.13. The summed E-state index contributed by atoms with van der Waals surface area (Å²) < 4.78 is 40.3. The van der Waals surface area contributed by atoms with Gasteiger partial charge in [0, 0.05) is 5.41 Å². The van der Waals surface area contributed by atoms with Crippen LogP contribution in [0.4, 0.5) is 0 Å². The molecule has 9 heteroatoms. The number of esters is 2. The van der Waals surface area contributed by atoms with E-state index >= 15 is 0 Å². The third-order valence-electron chi connectivity index (χ3n) is 3.17. The Kier molecular flexibility index (Phi) is 6.70. The fraction of sp³-hybridized carbons (Fsp3) is 0.176. The minimum Gasteiger partial charge on any atom is -0.465 e. The van der Waals surface area contributed by atoms with Gasteiger partial charge in [-0.05, 0) is 17.7 Å². The Labute approximate surface area is 150 Å². The third kappa shape index (κ3) is 5.87. The molecule has 0 aliphatic rings. The van der Waals surface area contributed by atoms with Gasteiger partial charge in [-0.1, -0.05) is 30.3 Å². The molecule has 0 spiro atoms. The molecule has 0 fully saturated rings. The standard InChI is InChI=1S/C17H17NO7S/c1-23-17(20)14-7-9-24-15(14)12-25-16(19)11-18-26(21,22)10-8-13-5-3-2-4-6-13/h2-10,18H,11-12H2,1H3/b10-8+. The summed E-state index contributed by atoms with van der Waals surface area (Å²) in [6.07, 6.45) is 2.66. The first kappa shape index (κ1) is 19.4. The van der Waals surface area contributed by atoms with Gasteiger partial charge in [-0.25, -0.2) is 17.9 Å². The number of carbonyl (C=O) groups excluding carboxylic acids is 2. The Morgan fingerprint density at radius 2 is 1.92 bits per heavy atom. The summed E-state index contributed by atoms with van der Waals surface area (Å²) in [5.74, 6) is -1.34. The number of hydrogen-bond donors (Lipinski definition) is 1. The van der Waals surface area contributed by atoms with Crippen LogP contribution in [-0.4, -0.2) is 34.0 Å². The Bertz CT molecular complexity index is 885. The van der Waals surface area contributed by atoms with E-state index in [1.165, 1.54) is 25.5 Å². The second-order valence-electron chi connectivity index (χ2n) is 4.99. The fourth-order valence-electron chi connectivity index (χ4n) is 1.88. The largest absolute Gasteiger partial charge is 0.465 e. The minimum absolute atomic E-state index is 0.108. The summed E-state index contributed by atoms with van der Waals surface area (Å²) in [5, 5.41) is 0.956. The van der Waals surface area contributed by atoms with Crippen molar-refractivity contribution >= 4 is 28.0 Å². The molecule has 0 aliphatic carbocycles. The van der Waals surface area contributed by atoms with Crippen LogP contribution in [0.15, 0.2) is 52.5 Å². The lowest BCUT2D eigenvalue weighted by molar-refractivity contribution is -0.144. The Morgan fingerprint density at radius 1 is 1.19 bits per heavy atom. The van der Waals surface area contributed by atoms with E-state index in [0.717, 1.165) is 5.41 Å². The van der Waals surface area contributed by atoms with Crippen molar-refractivity contribution in [1.82, 2.24) is 4.72 Å². The van der Waals surface area contributed by atoms with Crippen LogP contribution >= 0.6 is 0 Å². The van der Waals surface area contributed by atoms with Crippen molar-refractivity contribution in [1.29, 1.82) is 0 Å². The minimum atomic E-state index is -3.80. The van der Waals surface area contributed by atoms with Gasteiger partial charge in [-0.15, -0.1) is 0 Å². The maximum atomic E-state index is 11.8. The molecular weight excluding hydrogens is 362 g/mol. The molecular formula is C17H17NO7S. The molecule has 138 valence electrons. The van der Waals surface area contributed by atoms with Crippen molar-refractivity contribution in [2.45, 2.75) is 6.61 Å². The fourth-order valence-corrected chi connectivity index (χ4v) is 2.63. The monoisotopic (exact) mass is 379 g/mol. The number of nitrogens with one attached hydrogen (secondary N) is 1. The van der Waals surface area contributed by atoms with E-state index in [2.05, 4.69) is 9.46 Å². The summed E-state index contributed by atoms with van der Waals surface area (Å²) in [4.78, 5) is 23.1. The highest BCUT2D eigenvalue weighted by atomic mass is 32.2. The summed E-state index contributed by atoms with van der Waals surface area (Å²) in [6.45, 7) is -0.881. The van der Waals surface area contributed by atoms with Crippen LogP contribution in [-0.2, 0) is 30.9 Å². The first-order valence-electron chi connectivity index (χ1n) is 7.44. The van der Waals surface area contributed by atoms with Crippen LogP contribution in [0.3, 0.4) is 0 Å². The predicted octanol–water partition coefficient (Wildman–Crippen LogP) is 1.70. The van der Waals surface area contributed by atoms with Gasteiger partial charge in [0.1, 0.15) is 18.7 Å². The van der Waals surface area contributed by atoms with Gasteiger partial charge in [0.25, 0.3) is 0 Å². The lowest BCUT2D eigenvalue weighted by Crippen LogP contribution is -2.29. The molecule has 1 N–H and O–H groups in total. The molecule has 0 saturated carbocycles. The van der Waals surface area contributed by atoms with E-state index in [1.54, 1.807) is 24.3 Å². The quantitative estimate of drug-likeness (QED) is 0.695. The predicted molar refractivity (Wildman–Crippen MR) is 92.2 cm³/mol. The summed E-state index contributed by atoms with van der Waals surface area (Å²) in [7, 11) is -2.59. The molecule has 2 rings (SSSR count). The van der Waals surface area contributed by atoms with Crippen LogP contribution < -0.4 is 4.72 Å². The molecule has 8 nitrogen and oxygen atoms in total. The van der Waals surface area contributed by atoms with E-state index in [-0.39, 0.29) is 17.9 Å². The molecule has 0 saturated heterocycles. The number of ether oxygens (including phenoxy) is 2. The summed E-state index contributed by atoms with van der Waals surface area (Å²) in [5.41, 5.74) is 0.834. The van der Waals surface area contributed by atoms with Crippen LogP contribution in [0.1, 0.15) is 21.7 Å². The SMILES string of the molecule is COC(=O)c1ccoc1COC(=O)CNS(=O)(=O)/C=C/c1ccccc1. The van der Waals surface area contributed by atoms with Crippen LogP contribution in [0.25, 0.3) is 6.08 Å². The van der Waals surface area contributed by atoms with Crippen molar-refractivity contribution < 1.29 is 31.9 Å². The van der Waals surface area contributed by atoms with Crippen molar-refractivity contribution in [3.05, 3.63) is 65.0 Å². The zero-order valence-electron chi connectivity index (χ0n) is 13.9. The van der Waals surface area contributed by atoms with Gasteiger partial charge in [0.05, 0.1) is 13.4 Å². The number of rotatable bonds is 8. The summed E-state index contributed by atoms with van der Waals surface area (Å²) >= 11 is 0. The Hall–Kier alpha value is -2.91. The molecule has 0 atom stereocenters. The highest BCUT2D eigenvalue weighted by Gasteiger charge is 2.17. The average Bonchev–Trinajstić information content (AvgIpc) is 3.12. The first-order valence-corrected chi connectivity index (χ1v) is 8.99. The lowest BCUT2D eigenvalue weighted by Gasteiger charge is -2.05. The lowest BCUT2D eigenvalue weighted by atomic mass is 10.2. The topological polar surface area (TPSA) is 112 Å². The maximum absolute atomic E-state index is 11.8. The number of hydrogen-bond acceptors (Lipinski definition) is 7. The molecule has 26 heavy (non-hydrogen) atoms. The molecule has 0 amide bonds. The van der Waals surface area contributed by atoms with Crippen LogP contribution in [0.2, 0.25) is 0 Å². The highest BCUT2D eigenvalue weighted by molar-refractivity contribution is 7.92. The van der Waals surface area contributed by atoms with Gasteiger partial charge in [-0.2, -0.15) is 0 Å². The number of methoxy groups -OCH3 is 1. The zero-order chi connectivity index (χ0) is 19.0. The van der Waals surface area contributed by atoms with Crippen molar-refractivity contribution in [3.63, 3.8) is 0 Å². The molecule has 0 aliphatic heterocycles. The number of sulfonamides is 1. The normalized spacial score (nSPS) is 11.4. The van der Waals surface area contributed by atoms with Crippen molar-refractivity contribution in [3.8, 4) is 0 Å². The molecule has 1 aromatic carbocycles. The third-order valence-corrected chi connectivity index (χ3v) is 4.21. The van der Waals surface area contributed by atoms with Gasteiger partial charge in [0.15, 0.2) is 5.76 Å². The second-order valence-corrected chi connectivity index (χ2v) is 6.64. The number of furan rings is 1. The average molecular weight is 379 g/mol. The molecule has 2 aromatic rings. The number of carbonyl (C=O) groups is 2. The van der Waals surface area contributed by atoms with E-state index in [0.29, 0.717) is 5.56 Å². The molecule has 1 aromatic heterocycles. The smallest absolute Gasteiger partial charge is 0.341 e. The van der Waals surface area contributed by atoms with Crippen LogP contribution in [0, 0.1) is 0 Å². The second kappa shape index (κ2) is 8.97. The van der Waals surface area contributed by atoms with Crippen LogP contribution in [0.5, 0.6) is 0 Å². The van der Waals surface area contributed by atoms with E-state index in [4.69, 9.17) is 9.15 Å². The number of benzene rings is 1. The van der Waals surface area contributed by atoms with E-state index < -0.39 is 28.5 Å². The Morgan fingerprint density at radius 3 is 2.62 bits per heavy atom. The Balaban J connectivity index is 1.84. The van der Waals surface area contributed by atoms with E-state index in [1.807, 2.05) is 6.07 Å². The van der Waals surface area contributed by atoms with E-state index in [9.17, 15) is 18.0 Å². The molecule has 0 unspecified atom stereocenters. The molecule has 0 bridgehead atoms. The summed E-state index contributed by atoms with van der Waals surface area (Å²) in [6, 6.07) is 10.2. The first-order chi connectivity index (χ1) is 12.4. The van der Waals surface area contributed by atoms with Gasteiger partial charge < -0.3 is 13.9 Å². The van der Waals surface area contributed by atoms with Crippen molar-refractivity contribution in [2.75, 3.05) is 13.7 Å². The molecule has 0 radical (unpaired) electrons. The van der Waals surface area contributed by atoms with Crippen molar-refractivity contribution in [2.24, 2.45) is 0 Å². The molecule has 1 heterocycles. The van der Waals surface area contributed by atoms with Gasteiger partial charge >= 0.3 is 11.9 Å². The van der Waals surface area contributed by atoms with Gasteiger partial charge in [0.2, 0.25) is 10.0 Å². The zero-order valence-corrected chi connectivity index (χ0v) is 14.7. The van der Waals surface area contributed by atoms with Gasteiger partial charge in [-0.3, -0.25) is 4.79 Å².